The molecule has 0 aliphatic heterocycles. The van der Waals surface area contributed by atoms with E-state index in [0.29, 0.717) is 13.0 Å². The van der Waals surface area contributed by atoms with Crippen LogP contribution < -0.4 is 9.46 Å². The molecular formula is C15H25NO3S. The number of aryl methyl sites for hydroxylation is 1. The van der Waals surface area contributed by atoms with Gasteiger partial charge in [-0.1, -0.05) is 25.5 Å². The van der Waals surface area contributed by atoms with Gasteiger partial charge in [0.2, 0.25) is 10.0 Å². The highest BCUT2D eigenvalue weighted by Crippen LogP contribution is 2.20. The van der Waals surface area contributed by atoms with Gasteiger partial charge >= 0.3 is 0 Å². The Balaban J connectivity index is 2.63. The molecule has 0 atom stereocenters. The van der Waals surface area contributed by atoms with Crippen molar-refractivity contribution in [1.82, 2.24) is 4.72 Å². The minimum absolute atomic E-state index is 0.132. The monoisotopic (exact) mass is 299 g/mol. The average Bonchev–Trinajstić information content (AvgIpc) is 2.37. The first-order chi connectivity index (χ1) is 9.34. The summed E-state index contributed by atoms with van der Waals surface area (Å²) in [4.78, 5) is 0. The summed E-state index contributed by atoms with van der Waals surface area (Å²) in [5.41, 5.74) is 1.96. The fourth-order valence-electron chi connectivity index (χ4n) is 1.81. The molecule has 0 fully saturated rings. The van der Waals surface area contributed by atoms with Gasteiger partial charge in [0.25, 0.3) is 0 Å². The van der Waals surface area contributed by atoms with Crippen LogP contribution in [-0.4, -0.2) is 20.3 Å². The van der Waals surface area contributed by atoms with Crippen molar-refractivity contribution in [2.75, 3.05) is 5.75 Å². The molecule has 0 spiro atoms. The predicted molar refractivity (Wildman–Crippen MR) is 82.5 cm³/mol. The molecule has 5 heteroatoms. The summed E-state index contributed by atoms with van der Waals surface area (Å²) < 4.78 is 31.7. The van der Waals surface area contributed by atoms with Crippen molar-refractivity contribution in [1.29, 1.82) is 0 Å². The van der Waals surface area contributed by atoms with Gasteiger partial charge in [0, 0.05) is 6.54 Å². The third-order valence-electron chi connectivity index (χ3n) is 2.86. The standard InChI is InChI=1S/C15H25NO3S/c1-5-6-9-20(17,18)16-11-14-7-8-15(13(4)10-14)19-12(2)3/h7-8,10,12,16H,5-6,9,11H2,1-4H3. The molecule has 1 N–H and O–H groups in total. The van der Waals surface area contributed by atoms with Gasteiger partial charge in [0.15, 0.2) is 0 Å². The lowest BCUT2D eigenvalue weighted by Gasteiger charge is -2.13. The molecule has 0 amide bonds. The topological polar surface area (TPSA) is 55.4 Å². The fraction of sp³-hybridized carbons (Fsp3) is 0.600. The molecule has 0 unspecified atom stereocenters. The number of hydrogen-bond donors (Lipinski definition) is 1. The highest BCUT2D eigenvalue weighted by Gasteiger charge is 2.10. The molecule has 0 saturated carbocycles. The zero-order valence-corrected chi connectivity index (χ0v) is 13.6. The van der Waals surface area contributed by atoms with Crippen molar-refractivity contribution < 1.29 is 13.2 Å². The van der Waals surface area contributed by atoms with Gasteiger partial charge in [-0.05, 0) is 44.4 Å². The molecule has 0 bridgehead atoms. The van der Waals surface area contributed by atoms with Gasteiger partial charge in [0.05, 0.1) is 11.9 Å². The van der Waals surface area contributed by atoms with Gasteiger partial charge < -0.3 is 4.74 Å². The first kappa shape index (κ1) is 17.0. The van der Waals surface area contributed by atoms with Crippen LogP contribution in [0.2, 0.25) is 0 Å². The van der Waals surface area contributed by atoms with E-state index in [1.807, 2.05) is 45.9 Å². The summed E-state index contributed by atoms with van der Waals surface area (Å²) in [6, 6.07) is 5.75. The lowest BCUT2D eigenvalue weighted by Crippen LogP contribution is -2.25. The van der Waals surface area contributed by atoms with Gasteiger partial charge in [-0.15, -0.1) is 0 Å². The third kappa shape index (κ3) is 5.92. The molecule has 0 heterocycles. The summed E-state index contributed by atoms with van der Waals surface area (Å²) in [6.07, 6.45) is 1.70. The Morgan fingerprint density at radius 1 is 1.30 bits per heavy atom. The number of unbranched alkanes of at least 4 members (excludes halogenated alkanes) is 1. The largest absolute Gasteiger partial charge is 0.491 e. The van der Waals surface area contributed by atoms with Crippen LogP contribution in [0, 0.1) is 6.92 Å². The average molecular weight is 299 g/mol. The summed E-state index contributed by atoms with van der Waals surface area (Å²) >= 11 is 0. The van der Waals surface area contributed by atoms with Crippen molar-refractivity contribution in [2.24, 2.45) is 0 Å². The Hall–Kier alpha value is -1.07. The fourth-order valence-corrected chi connectivity index (χ4v) is 3.01. The Kier molecular flexibility index (Phi) is 6.49. The van der Waals surface area contributed by atoms with Gasteiger partial charge in [-0.2, -0.15) is 0 Å². The summed E-state index contributed by atoms with van der Waals surface area (Å²) in [5, 5.41) is 0. The third-order valence-corrected chi connectivity index (χ3v) is 4.28. The predicted octanol–water partition coefficient (Wildman–Crippen LogP) is 3.00. The number of benzene rings is 1. The van der Waals surface area contributed by atoms with Crippen molar-refractivity contribution in [3.05, 3.63) is 29.3 Å². The maximum Gasteiger partial charge on any atom is 0.211 e. The molecule has 114 valence electrons. The van der Waals surface area contributed by atoms with E-state index < -0.39 is 10.0 Å². The minimum Gasteiger partial charge on any atom is -0.491 e. The van der Waals surface area contributed by atoms with Crippen LogP contribution in [0.5, 0.6) is 5.75 Å². The minimum atomic E-state index is -3.17. The molecule has 0 aliphatic carbocycles. The van der Waals surface area contributed by atoms with Crippen molar-refractivity contribution in [3.8, 4) is 5.75 Å². The van der Waals surface area contributed by atoms with Crippen molar-refractivity contribution in [3.63, 3.8) is 0 Å². The van der Waals surface area contributed by atoms with E-state index in [4.69, 9.17) is 4.74 Å². The zero-order valence-electron chi connectivity index (χ0n) is 12.8. The van der Waals surface area contributed by atoms with Crippen LogP contribution in [-0.2, 0) is 16.6 Å². The van der Waals surface area contributed by atoms with Crippen LogP contribution in [0.4, 0.5) is 0 Å². The molecule has 1 rings (SSSR count). The quantitative estimate of drug-likeness (QED) is 0.803. The Bertz CT molecular complexity index is 524. The van der Waals surface area contributed by atoms with E-state index in [9.17, 15) is 8.42 Å². The van der Waals surface area contributed by atoms with E-state index in [2.05, 4.69) is 4.72 Å². The van der Waals surface area contributed by atoms with E-state index in [0.717, 1.165) is 23.3 Å². The molecule has 4 nitrogen and oxygen atoms in total. The summed E-state index contributed by atoms with van der Waals surface area (Å²) in [6.45, 7) is 8.23. The highest BCUT2D eigenvalue weighted by atomic mass is 32.2. The Labute approximate surface area is 122 Å². The molecule has 20 heavy (non-hydrogen) atoms. The second-order valence-electron chi connectivity index (χ2n) is 5.26. The SMILES string of the molecule is CCCCS(=O)(=O)NCc1ccc(OC(C)C)c(C)c1. The second kappa shape index (κ2) is 7.64. The van der Waals surface area contributed by atoms with Gasteiger partial charge in [0.1, 0.15) is 5.75 Å². The van der Waals surface area contributed by atoms with Crippen molar-refractivity contribution >= 4 is 10.0 Å². The molecule has 1 aromatic carbocycles. The van der Waals surface area contributed by atoms with E-state index >= 15 is 0 Å². The molecular weight excluding hydrogens is 274 g/mol. The highest BCUT2D eigenvalue weighted by molar-refractivity contribution is 7.89. The summed E-state index contributed by atoms with van der Waals surface area (Å²) in [5.74, 6) is 1.04. The van der Waals surface area contributed by atoms with Crippen LogP contribution in [0.1, 0.15) is 44.7 Å². The first-order valence-corrected chi connectivity index (χ1v) is 8.73. The zero-order chi connectivity index (χ0) is 15.2. The van der Waals surface area contributed by atoms with E-state index in [1.54, 1.807) is 0 Å². The maximum absolute atomic E-state index is 11.7. The first-order valence-electron chi connectivity index (χ1n) is 7.07. The number of nitrogens with one attached hydrogen (secondary N) is 1. The van der Waals surface area contributed by atoms with E-state index in [1.165, 1.54) is 0 Å². The second-order valence-corrected chi connectivity index (χ2v) is 7.19. The molecule has 0 saturated heterocycles. The summed E-state index contributed by atoms with van der Waals surface area (Å²) in [7, 11) is -3.17. The van der Waals surface area contributed by atoms with E-state index in [-0.39, 0.29) is 11.9 Å². The number of hydrogen-bond acceptors (Lipinski definition) is 3. The number of ether oxygens (including phenoxy) is 1. The normalized spacial score (nSPS) is 11.8. The molecule has 0 aliphatic rings. The Morgan fingerprint density at radius 3 is 2.55 bits per heavy atom. The van der Waals surface area contributed by atoms with Crippen LogP contribution >= 0.6 is 0 Å². The lowest BCUT2D eigenvalue weighted by atomic mass is 10.1. The molecule has 0 radical (unpaired) electrons. The van der Waals surface area contributed by atoms with Crippen molar-refractivity contribution in [2.45, 2.75) is 53.2 Å². The van der Waals surface area contributed by atoms with Gasteiger partial charge in [-0.3, -0.25) is 0 Å². The van der Waals surface area contributed by atoms with Crippen LogP contribution in [0.15, 0.2) is 18.2 Å². The smallest absolute Gasteiger partial charge is 0.211 e. The number of rotatable bonds is 8. The van der Waals surface area contributed by atoms with Crippen LogP contribution in [0.25, 0.3) is 0 Å². The number of sulfonamides is 1. The molecule has 0 aromatic heterocycles. The lowest BCUT2D eigenvalue weighted by molar-refractivity contribution is 0.240. The maximum atomic E-state index is 11.7. The van der Waals surface area contributed by atoms with Gasteiger partial charge in [-0.25, -0.2) is 13.1 Å². The van der Waals surface area contributed by atoms with Crippen LogP contribution in [0.3, 0.4) is 0 Å². The Morgan fingerprint density at radius 2 is 2.00 bits per heavy atom. The molecule has 1 aromatic rings.